The molecule has 0 aromatic rings. The Morgan fingerprint density at radius 1 is 1.10 bits per heavy atom. The van der Waals surface area contributed by atoms with E-state index in [1.54, 1.807) is 0 Å². The Labute approximate surface area is 131 Å². The molecule has 1 aliphatic carbocycles. The van der Waals surface area contributed by atoms with Crippen molar-refractivity contribution in [1.82, 2.24) is 10.2 Å². The van der Waals surface area contributed by atoms with Gasteiger partial charge in [-0.1, -0.05) is 20.8 Å². The quantitative estimate of drug-likeness (QED) is 0.815. The molecule has 2 fully saturated rings. The van der Waals surface area contributed by atoms with Crippen LogP contribution in [0, 0.1) is 17.8 Å². The third-order valence-corrected chi connectivity index (χ3v) is 5.55. The van der Waals surface area contributed by atoms with E-state index in [0.717, 1.165) is 36.9 Å². The van der Waals surface area contributed by atoms with Crippen LogP contribution in [0.15, 0.2) is 0 Å². The second kappa shape index (κ2) is 8.50. The lowest BCUT2D eigenvalue weighted by atomic mass is 9.72. The average molecular weight is 296 g/mol. The minimum absolute atomic E-state index is 0.514. The maximum absolute atomic E-state index is 5.78. The highest BCUT2D eigenvalue weighted by atomic mass is 16.5. The number of ether oxygens (including phenoxy) is 1. The van der Waals surface area contributed by atoms with Crippen LogP contribution in [0.25, 0.3) is 0 Å². The zero-order valence-corrected chi connectivity index (χ0v) is 14.6. The van der Waals surface area contributed by atoms with Gasteiger partial charge in [0.15, 0.2) is 0 Å². The van der Waals surface area contributed by atoms with Crippen LogP contribution in [0.3, 0.4) is 0 Å². The van der Waals surface area contributed by atoms with Crippen molar-refractivity contribution < 1.29 is 4.74 Å². The molecule has 4 atom stereocenters. The summed E-state index contributed by atoms with van der Waals surface area (Å²) in [7, 11) is 0. The Kier molecular flexibility index (Phi) is 6.97. The molecule has 0 radical (unpaired) electrons. The molecule has 2 aliphatic rings. The first-order chi connectivity index (χ1) is 10.1. The van der Waals surface area contributed by atoms with Gasteiger partial charge in [-0.2, -0.15) is 0 Å². The molecule has 1 saturated heterocycles. The summed E-state index contributed by atoms with van der Waals surface area (Å²) < 4.78 is 5.78. The zero-order valence-electron chi connectivity index (χ0n) is 14.6. The molecule has 3 heteroatoms. The van der Waals surface area contributed by atoms with Crippen molar-refractivity contribution in [3.05, 3.63) is 0 Å². The van der Waals surface area contributed by atoms with Gasteiger partial charge in [-0.15, -0.1) is 0 Å². The van der Waals surface area contributed by atoms with Crippen LogP contribution in [-0.2, 0) is 4.74 Å². The fraction of sp³-hybridized carbons (Fsp3) is 1.00. The van der Waals surface area contributed by atoms with Crippen LogP contribution < -0.4 is 5.32 Å². The summed E-state index contributed by atoms with van der Waals surface area (Å²) in [5.74, 6) is 2.55. The first-order valence-corrected chi connectivity index (χ1v) is 9.21. The Bertz CT molecular complexity index is 289. The number of piperidine rings is 1. The van der Waals surface area contributed by atoms with Crippen LogP contribution >= 0.6 is 0 Å². The molecule has 1 N–H and O–H groups in total. The smallest absolute Gasteiger partial charge is 0.0599 e. The van der Waals surface area contributed by atoms with Crippen molar-refractivity contribution >= 4 is 0 Å². The van der Waals surface area contributed by atoms with E-state index >= 15 is 0 Å². The van der Waals surface area contributed by atoms with Gasteiger partial charge < -0.3 is 15.0 Å². The number of hydrogen-bond acceptors (Lipinski definition) is 3. The van der Waals surface area contributed by atoms with E-state index in [1.165, 1.54) is 45.3 Å². The molecule has 0 amide bonds. The van der Waals surface area contributed by atoms with Gasteiger partial charge in [-0.25, -0.2) is 0 Å². The largest absolute Gasteiger partial charge is 0.378 e. The SMILES string of the molecule is CCNC1CC(C)CC(C)C1CN1CCC(OCC)CC1. The predicted octanol–water partition coefficient (Wildman–Crippen LogP) is 3.15. The second-order valence-corrected chi connectivity index (χ2v) is 7.34. The second-order valence-electron chi connectivity index (χ2n) is 7.34. The number of nitrogens with one attached hydrogen (secondary N) is 1. The summed E-state index contributed by atoms with van der Waals surface area (Å²) in [5.41, 5.74) is 0. The van der Waals surface area contributed by atoms with E-state index in [0.29, 0.717) is 6.10 Å². The van der Waals surface area contributed by atoms with Crippen LogP contribution in [-0.4, -0.2) is 49.8 Å². The lowest BCUT2D eigenvalue weighted by Crippen LogP contribution is -2.50. The van der Waals surface area contributed by atoms with Gasteiger partial charge in [0.25, 0.3) is 0 Å². The number of rotatable bonds is 6. The number of hydrogen-bond donors (Lipinski definition) is 1. The number of nitrogens with zero attached hydrogens (tertiary/aromatic N) is 1. The monoisotopic (exact) mass is 296 g/mol. The third kappa shape index (κ3) is 4.94. The van der Waals surface area contributed by atoms with Gasteiger partial charge in [0.2, 0.25) is 0 Å². The molecular formula is C18H36N2O. The molecule has 0 aromatic carbocycles. The van der Waals surface area contributed by atoms with Crippen LogP contribution in [0.2, 0.25) is 0 Å². The molecule has 0 spiro atoms. The highest BCUT2D eigenvalue weighted by molar-refractivity contribution is 4.90. The average Bonchev–Trinajstić information content (AvgIpc) is 2.45. The van der Waals surface area contributed by atoms with E-state index in [2.05, 4.69) is 37.9 Å². The van der Waals surface area contributed by atoms with Crippen LogP contribution in [0.4, 0.5) is 0 Å². The van der Waals surface area contributed by atoms with Gasteiger partial charge in [0.05, 0.1) is 6.10 Å². The molecule has 1 heterocycles. The van der Waals surface area contributed by atoms with Crippen molar-refractivity contribution in [3.63, 3.8) is 0 Å². The van der Waals surface area contributed by atoms with E-state index in [9.17, 15) is 0 Å². The van der Waals surface area contributed by atoms with Crippen LogP contribution in [0.5, 0.6) is 0 Å². The molecule has 0 bridgehead atoms. The van der Waals surface area contributed by atoms with E-state index in [1.807, 2.05) is 0 Å². The minimum Gasteiger partial charge on any atom is -0.378 e. The summed E-state index contributed by atoms with van der Waals surface area (Å²) >= 11 is 0. The maximum Gasteiger partial charge on any atom is 0.0599 e. The normalized spacial score (nSPS) is 36.0. The highest BCUT2D eigenvalue weighted by Gasteiger charge is 2.35. The van der Waals surface area contributed by atoms with E-state index < -0.39 is 0 Å². The standard InChI is InChI=1S/C18H36N2O/c1-5-19-18-12-14(3)11-15(4)17(18)13-20-9-7-16(8-10-20)21-6-2/h14-19H,5-13H2,1-4H3. The van der Waals surface area contributed by atoms with Crippen molar-refractivity contribution in [1.29, 1.82) is 0 Å². The fourth-order valence-electron chi connectivity index (χ4n) is 4.51. The fourth-order valence-corrected chi connectivity index (χ4v) is 4.51. The van der Waals surface area contributed by atoms with E-state index in [4.69, 9.17) is 4.74 Å². The number of likely N-dealkylation sites (tertiary alicyclic amines) is 1. The molecule has 124 valence electrons. The van der Waals surface area contributed by atoms with Crippen molar-refractivity contribution in [2.75, 3.05) is 32.8 Å². The first kappa shape index (κ1) is 17.2. The first-order valence-electron chi connectivity index (χ1n) is 9.21. The zero-order chi connectivity index (χ0) is 15.2. The molecule has 2 rings (SSSR count). The van der Waals surface area contributed by atoms with Crippen molar-refractivity contribution in [3.8, 4) is 0 Å². The summed E-state index contributed by atoms with van der Waals surface area (Å²) in [6, 6.07) is 0.721. The Morgan fingerprint density at radius 3 is 2.43 bits per heavy atom. The molecule has 4 unspecified atom stereocenters. The summed E-state index contributed by atoms with van der Waals surface area (Å²) in [4.78, 5) is 2.69. The lowest BCUT2D eigenvalue weighted by Gasteiger charge is -2.43. The summed E-state index contributed by atoms with van der Waals surface area (Å²) in [6.07, 6.45) is 5.72. The Hall–Kier alpha value is -0.120. The van der Waals surface area contributed by atoms with Gasteiger partial charge in [0, 0.05) is 32.3 Å². The van der Waals surface area contributed by atoms with Crippen LogP contribution in [0.1, 0.15) is 53.4 Å². The molecule has 0 aromatic heterocycles. The summed E-state index contributed by atoms with van der Waals surface area (Å²) in [6.45, 7) is 14.9. The molecule has 21 heavy (non-hydrogen) atoms. The highest BCUT2D eigenvalue weighted by Crippen LogP contribution is 2.34. The minimum atomic E-state index is 0.514. The Morgan fingerprint density at radius 2 is 1.81 bits per heavy atom. The van der Waals surface area contributed by atoms with Gasteiger partial charge in [-0.05, 0) is 56.9 Å². The molecule has 3 nitrogen and oxygen atoms in total. The van der Waals surface area contributed by atoms with E-state index in [-0.39, 0.29) is 0 Å². The van der Waals surface area contributed by atoms with Crippen molar-refractivity contribution in [2.24, 2.45) is 17.8 Å². The predicted molar refractivity (Wildman–Crippen MR) is 89.6 cm³/mol. The summed E-state index contributed by atoms with van der Waals surface area (Å²) in [5, 5.41) is 3.76. The molecule has 1 saturated carbocycles. The molecular weight excluding hydrogens is 260 g/mol. The van der Waals surface area contributed by atoms with Gasteiger partial charge in [0.1, 0.15) is 0 Å². The Balaban J connectivity index is 1.85. The maximum atomic E-state index is 5.78. The lowest BCUT2D eigenvalue weighted by molar-refractivity contribution is 0.00335. The topological polar surface area (TPSA) is 24.5 Å². The van der Waals surface area contributed by atoms with Crippen molar-refractivity contribution in [2.45, 2.75) is 65.5 Å². The van der Waals surface area contributed by atoms with Gasteiger partial charge >= 0.3 is 0 Å². The third-order valence-electron chi connectivity index (χ3n) is 5.55. The van der Waals surface area contributed by atoms with Gasteiger partial charge in [-0.3, -0.25) is 0 Å². The molecule has 1 aliphatic heterocycles.